The van der Waals surface area contributed by atoms with Crippen molar-refractivity contribution < 1.29 is 13.6 Å². The molecule has 0 atom stereocenters. The Morgan fingerprint density at radius 2 is 1.81 bits per heavy atom. The van der Waals surface area contributed by atoms with Gasteiger partial charge in [0, 0.05) is 17.3 Å². The van der Waals surface area contributed by atoms with Crippen molar-refractivity contribution in [2.75, 3.05) is 5.32 Å². The summed E-state index contributed by atoms with van der Waals surface area (Å²) in [7, 11) is 0. The third-order valence-electron chi connectivity index (χ3n) is 3.85. The fourth-order valence-electron chi connectivity index (χ4n) is 2.58. The number of aryl methyl sites for hydroxylation is 1. The molecule has 0 aliphatic rings. The molecule has 2 aromatic carbocycles. The van der Waals surface area contributed by atoms with E-state index >= 15 is 0 Å². The molecular formula is C21H16N2O3. The smallest absolute Gasteiger partial charge is 0.248 e. The first kappa shape index (κ1) is 15.9. The molecule has 0 aliphatic carbocycles. The minimum Gasteiger partial charge on any atom is -0.462 e. The molecule has 2 heterocycles. The first-order valence-corrected chi connectivity index (χ1v) is 8.19. The second kappa shape index (κ2) is 6.72. The van der Waals surface area contributed by atoms with E-state index in [-0.39, 0.29) is 5.91 Å². The van der Waals surface area contributed by atoms with Crippen molar-refractivity contribution in [2.24, 2.45) is 0 Å². The summed E-state index contributed by atoms with van der Waals surface area (Å²) >= 11 is 0. The van der Waals surface area contributed by atoms with Crippen molar-refractivity contribution in [1.29, 1.82) is 0 Å². The standard InChI is InChI=1S/C21H16N2O3/c1-14-6-11-17(25-14)12-13-20(24)22-16-9-7-15(8-10-16)21-23-18-4-2-3-5-19(18)26-21/h2-13H,1H3,(H,22,24)/b13-12+. The van der Waals surface area contributed by atoms with Crippen molar-refractivity contribution in [3.8, 4) is 11.5 Å². The minimum absolute atomic E-state index is 0.228. The Bertz CT molecular complexity index is 1050. The van der Waals surface area contributed by atoms with Gasteiger partial charge in [0.1, 0.15) is 17.0 Å². The Morgan fingerprint density at radius 3 is 2.54 bits per heavy atom. The van der Waals surface area contributed by atoms with Crippen molar-refractivity contribution in [2.45, 2.75) is 6.92 Å². The van der Waals surface area contributed by atoms with E-state index in [4.69, 9.17) is 8.83 Å². The molecule has 5 nitrogen and oxygen atoms in total. The summed E-state index contributed by atoms with van der Waals surface area (Å²) in [6.45, 7) is 1.86. The van der Waals surface area contributed by atoms with Crippen LogP contribution in [0.4, 0.5) is 5.69 Å². The van der Waals surface area contributed by atoms with Crippen LogP contribution in [0.15, 0.2) is 75.6 Å². The summed E-state index contributed by atoms with van der Waals surface area (Å²) in [5.74, 6) is 1.77. The molecule has 0 fully saturated rings. The lowest BCUT2D eigenvalue weighted by atomic mass is 10.2. The maximum Gasteiger partial charge on any atom is 0.248 e. The number of fused-ring (bicyclic) bond motifs is 1. The maximum atomic E-state index is 12.0. The second-order valence-electron chi connectivity index (χ2n) is 5.84. The van der Waals surface area contributed by atoms with Crippen LogP contribution < -0.4 is 5.32 Å². The van der Waals surface area contributed by atoms with Gasteiger partial charge in [0.2, 0.25) is 11.8 Å². The number of hydrogen-bond acceptors (Lipinski definition) is 4. The second-order valence-corrected chi connectivity index (χ2v) is 5.84. The molecule has 128 valence electrons. The first-order valence-electron chi connectivity index (χ1n) is 8.19. The zero-order valence-corrected chi connectivity index (χ0v) is 14.1. The monoisotopic (exact) mass is 344 g/mol. The molecule has 0 saturated heterocycles. The van der Waals surface area contributed by atoms with Gasteiger partial charge in [-0.1, -0.05) is 12.1 Å². The summed E-state index contributed by atoms with van der Waals surface area (Å²) in [6.07, 6.45) is 3.07. The lowest BCUT2D eigenvalue weighted by molar-refractivity contribution is -0.111. The highest BCUT2D eigenvalue weighted by Gasteiger charge is 2.08. The van der Waals surface area contributed by atoms with Crippen LogP contribution >= 0.6 is 0 Å². The Hall–Kier alpha value is -3.60. The predicted molar refractivity (Wildman–Crippen MR) is 101 cm³/mol. The zero-order chi connectivity index (χ0) is 17.9. The van der Waals surface area contributed by atoms with Gasteiger partial charge in [0.25, 0.3) is 0 Å². The average Bonchev–Trinajstić information content (AvgIpc) is 3.26. The number of nitrogens with zero attached hydrogens (tertiary/aromatic N) is 1. The molecule has 5 heteroatoms. The van der Waals surface area contributed by atoms with Crippen LogP contribution in [0.2, 0.25) is 0 Å². The lowest BCUT2D eigenvalue weighted by Crippen LogP contribution is -2.07. The molecule has 0 unspecified atom stereocenters. The van der Waals surface area contributed by atoms with Gasteiger partial charge in [-0.3, -0.25) is 4.79 Å². The van der Waals surface area contributed by atoms with Gasteiger partial charge in [-0.15, -0.1) is 0 Å². The van der Waals surface area contributed by atoms with E-state index in [1.54, 1.807) is 6.08 Å². The highest BCUT2D eigenvalue weighted by Crippen LogP contribution is 2.25. The fraction of sp³-hybridized carbons (Fsp3) is 0.0476. The summed E-state index contributed by atoms with van der Waals surface area (Å²) in [5.41, 5.74) is 3.10. The van der Waals surface area contributed by atoms with E-state index < -0.39 is 0 Å². The van der Waals surface area contributed by atoms with E-state index in [1.165, 1.54) is 6.08 Å². The largest absolute Gasteiger partial charge is 0.462 e. The number of carbonyl (C=O) groups is 1. The van der Waals surface area contributed by atoms with Crippen molar-refractivity contribution in [1.82, 2.24) is 4.98 Å². The highest BCUT2D eigenvalue weighted by molar-refractivity contribution is 6.01. The average molecular weight is 344 g/mol. The summed E-state index contributed by atoms with van der Waals surface area (Å²) in [5, 5.41) is 2.81. The van der Waals surface area contributed by atoms with Crippen LogP contribution in [-0.2, 0) is 4.79 Å². The number of rotatable bonds is 4. The Labute approximate surface area is 150 Å². The van der Waals surface area contributed by atoms with Gasteiger partial charge >= 0.3 is 0 Å². The zero-order valence-electron chi connectivity index (χ0n) is 14.1. The van der Waals surface area contributed by atoms with Gasteiger partial charge in [-0.2, -0.15) is 0 Å². The molecule has 1 N–H and O–H groups in total. The normalized spacial score (nSPS) is 11.3. The van der Waals surface area contributed by atoms with Gasteiger partial charge in [0.15, 0.2) is 5.58 Å². The highest BCUT2D eigenvalue weighted by atomic mass is 16.3. The molecule has 2 aromatic heterocycles. The van der Waals surface area contributed by atoms with Crippen molar-refractivity contribution >= 4 is 28.8 Å². The molecular weight excluding hydrogens is 328 g/mol. The molecule has 26 heavy (non-hydrogen) atoms. The van der Waals surface area contributed by atoms with E-state index in [9.17, 15) is 4.79 Å². The van der Waals surface area contributed by atoms with Crippen LogP contribution in [0.1, 0.15) is 11.5 Å². The Morgan fingerprint density at radius 1 is 1.00 bits per heavy atom. The summed E-state index contributed by atoms with van der Waals surface area (Å²) in [4.78, 5) is 16.5. The first-order chi connectivity index (χ1) is 12.7. The lowest BCUT2D eigenvalue weighted by Gasteiger charge is -2.02. The number of aromatic nitrogens is 1. The van der Waals surface area contributed by atoms with E-state index in [2.05, 4.69) is 10.3 Å². The number of carbonyl (C=O) groups excluding carboxylic acids is 1. The van der Waals surface area contributed by atoms with E-state index in [0.717, 1.165) is 22.4 Å². The van der Waals surface area contributed by atoms with Gasteiger partial charge in [-0.05, 0) is 61.5 Å². The van der Waals surface area contributed by atoms with E-state index in [1.807, 2.05) is 67.6 Å². The van der Waals surface area contributed by atoms with Crippen molar-refractivity contribution in [3.05, 3.63) is 78.3 Å². The Kier molecular flexibility index (Phi) is 4.11. The molecule has 1 amide bonds. The molecule has 0 radical (unpaired) electrons. The van der Waals surface area contributed by atoms with Gasteiger partial charge < -0.3 is 14.2 Å². The number of para-hydroxylation sites is 2. The van der Waals surface area contributed by atoms with Crippen LogP contribution in [-0.4, -0.2) is 10.9 Å². The fourth-order valence-corrected chi connectivity index (χ4v) is 2.58. The van der Waals surface area contributed by atoms with Gasteiger partial charge in [0.05, 0.1) is 0 Å². The molecule has 0 bridgehead atoms. The van der Waals surface area contributed by atoms with Crippen LogP contribution in [0.25, 0.3) is 28.6 Å². The quantitative estimate of drug-likeness (QED) is 0.526. The SMILES string of the molecule is Cc1ccc(/C=C/C(=O)Nc2ccc(-c3nc4ccccc4o3)cc2)o1. The Balaban J connectivity index is 1.45. The minimum atomic E-state index is -0.228. The number of nitrogens with one attached hydrogen (secondary N) is 1. The number of hydrogen-bond donors (Lipinski definition) is 1. The third-order valence-corrected chi connectivity index (χ3v) is 3.85. The number of benzene rings is 2. The summed E-state index contributed by atoms with van der Waals surface area (Å²) in [6, 6.07) is 18.6. The van der Waals surface area contributed by atoms with Gasteiger partial charge in [-0.25, -0.2) is 4.98 Å². The maximum absolute atomic E-state index is 12.0. The third kappa shape index (κ3) is 3.42. The predicted octanol–water partition coefficient (Wildman–Crippen LogP) is 5.05. The number of oxazole rings is 1. The van der Waals surface area contributed by atoms with Crippen LogP contribution in [0, 0.1) is 6.92 Å². The van der Waals surface area contributed by atoms with Crippen LogP contribution in [0.3, 0.4) is 0 Å². The topological polar surface area (TPSA) is 68.3 Å². The molecule has 0 saturated carbocycles. The number of furan rings is 1. The van der Waals surface area contributed by atoms with Crippen LogP contribution in [0.5, 0.6) is 0 Å². The number of amides is 1. The number of anilines is 1. The van der Waals surface area contributed by atoms with Crippen molar-refractivity contribution in [3.63, 3.8) is 0 Å². The molecule has 4 aromatic rings. The van der Waals surface area contributed by atoms with E-state index in [0.29, 0.717) is 17.3 Å². The summed E-state index contributed by atoms with van der Waals surface area (Å²) < 4.78 is 11.1. The molecule has 0 aliphatic heterocycles. The molecule has 4 rings (SSSR count). The molecule has 0 spiro atoms.